The summed E-state index contributed by atoms with van der Waals surface area (Å²) in [5.41, 5.74) is 0. The third-order valence-corrected chi connectivity index (χ3v) is 12.0. The minimum atomic E-state index is -0.760. The maximum absolute atomic E-state index is 12.8. The van der Waals surface area contributed by atoms with E-state index < -0.39 is 6.10 Å². The average Bonchev–Trinajstić information content (AvgIpc) is 3.22. The van der Waals surface area contributed by atoms with Gasteiger partial charge in [0.05, 0.1) is 0 Å². The summed E-state index contributed by atoms with van der Waals surface area (Å²) in [5, 5.41) is 0. The van der Waals surface area contributed by atoms with Crippen LogP contribution in [-0.2, 0) is 28.6 Å². The van der Waals surface area contributed by atoms with Crippen molar-refractivity contribution in [3.05, 3.63) is 0 Å². The van der Waals surface area contributed by atoms with E-state index in [1.807, 2.05) is 0 Å². The Hall–Kier alpha value is -1.59. The number of unbranched alkanes of at least 4 members (excludes halogenated alkanes) is 35. The number of ether oxygens (including phenoxy) is 3. The molecule has 0 saturated carbocycles. The quantitative estimate of drug-likeness (QED) is 0.0345. The normalized spacial score (nSPS) is 11.9. The van der Waals surface area contributed by atoms with Gasteiger partial charge >= 0.3 is 17.9 Å². The van der Waals surface area contributed by atoms with Gasteiger partial charge in [-0.15, -0.1) is 0 Å². The van der Waals surface area contributed by atoms with Crippen molar-refractivity contribution in [1.82, 2.24) is 0 Å². The third-order valence-electron chi connectivity index (χ3n) is 12.0. The van der Waals surface area contributed by atoms with Crippen LogP contribution in [0, 0.1) is 5.92 Å². The molecule has 6 nitrogen and oxygen atoms in total. The van der Waals surface area contributed by atoms with Crippen molar-refractivity contribution >= 4 is 17.9 Å². The average molecular weight is 835 g/mol. The lowest BCUT2D eigenvalue weighted by atomic mass is 10.0. The van der Waals surface area contributed by atoms with Gasteiger partial charge in [-0.1, -0.05) is 259 Å². The Balaban J connectivity index is 4.30. The zero-order valence-corrected chi connectivity index (χ0v) is 40.2. The van der Waals surface area contributed by atoms with Crippen molar-refractivity contribution in [1.29, 1.82) is 0 Å². The SMILES string of the molecule is CCCCCCCCCCCCCCCCC(=O)OC[C@@H](COC(=O)CCCCCCCCCCCCCCC(C)C)OC(=O)CCCCCCCCCCCCCC. The van der Waals surface area contributed by atoms with E-state index in [4.69, 9.17) is 14.2 Å². The molecule has 0 rings (SSSR count). The van der Waals surface area contributed by atoms with Crippen molar-refractivity contribution in [3.63, 3.8) is 0 Å². The number of rotatable bonds is 48. The lowest BCUT2D eigenvalue weighted by molar-refractivity contribution is -0.167. The number of esters is 3. The van der Waals surface area contributed by atoms with Crippen molar-refractivity contribution in [3.8, 4) is 0 Å². The molecule has 59 heavy (non-hydrogen) atoms. The third kappa shape index (κ3) is 47.3. The van der Waals surface area contributed by atoms with Crippen LogP contribution in [0.3, 0.4) is 0 Å². The molecule has 0 heterocycles. The number of hydrogen-bond donors (Lipinski definition) is 0. The predicted molar refractivity (Wildman–Crippen MR) is 252 cm³/mol. The highest BCUT2D eigenvalue weighted by Crippen LogP contribution is 2.17. The second-order valence-corrected chi connectivity index (χ2v) is 18.6. The number of carbonyl (C=O) groups is 3. The second-order valence-electron chi connectivity index (χ2n) is 18.6. The first kappa shape index (κ1) is 57.4. The molecule has 0 aliphatic carbocycles. The van der Waals surface area contributed by atoms with Gasteiger partial charge < -0.3 is 14.2 Å². The molecule has 0 aromatic rings. The Kier molecular flexibility index (Phi) is 46.2. The molecule has 0 aromatic carbocycles. The topological polar surface area (TPSA) is 78.9 Å². The molecular formula is C53H102O6. The number of hydrogen-bond acceptors (Lipinski definition) is 6. The highest BCUT2D eigenvalue weighted by Gasteiger charge is 2.19. The van der Waals surface area contributed by atoms with E-state index in [0.29, 0.717) is 19.3 Å². The van der Waals surface area contributed by atoms with Crippen LogP contribution < -0.4 is 0 Å². The van der Waals surface area contributed by atoms with Gasteiger partial charge in [0.1, 0.15) is 13.2 Å². The maximum Gasteiger partial charge on any atom is 0.306 e. The smallest absolute Gasteiger partial charge is 0.306 e. The summed E-state index contributed by atoms with van der Waals surface area (Å²) in [7, 11) is 0. The van der Waals surface area contributed by atoms with E-state index in [-0.39, 0.29) is 31.1 Å². The molecule has 0 spiro atoms. The van der Waals surface area contributed by atoms with Crippen LogP contribution in [0.2, 0.25) is 0 Å². The molecule has 0 saturated heterocycles. The van der Waals surface area contributed by atoms with E-state index in [0.717, 1.165) is 63.7 Å². The van der Waals surface area contributed by atoms with E-state index in [1.54, 1.807) is 0 Å². The summed E-state index contributed by atoms with van der Waals surface area (Å²) in [5.74, 6) is -0.00855. The first-order valence-electron chi connectivity index (χ1n) is 26.4. The van der Waals surface area contributed by atoms with Crippen molar-refractivity contribution in [2.45, 2.75) is 303 Å². The lowest BCUT2D eigenvalue weighted by Crippen LogP contribution is -2.30. The highest BCUT2D eigenvalue weighted by molar-refractivity contribution is 5.71. The Bertz CT molecular complexity index is 887. The standard InChI is InChI=1S/C53H102O6/c1-5-7-9-11-13-15-17-19-20-25-28-32-36-40-44-51(54)57-47-50(59-53(56)46-42-38-34-30-24-18-16-14-12-10-8-6-2)48-58-52(55)45-41-37-33-29-26-22-21-23-27-31-35-39-43-49(3)4/h49-50H,5-48H2,1-4H3/t50-/m0/s1. The highest BCUT2D eigenvalue weighted by atomic mass is 16.6. The first-order valence-corrected chi connectivity index (χ1v) is 26.4. The molecular weight excluding hydrogens is 733 g/mol. The van der Waals surface area contributed by atoms with Crippen molar-refractivity contribution in [2.24, 2.45) is 5.92 Å². The van der Waals surface area contributed by atoms with Crippen LogP contribution in [0.1, 0.15) is 297 Å². The molecule has 0 N–H and O–H groups in total. The second kappa shape index (κ2) is 47.5. The monoisotopic (exact) mass is 835 g/mol. The fraction of sp³-hybridized carbons (Fsp3) is 0.943. The van der Waals surface area contributed by atoms with E-state index in [9.17, 15) is 14.4 Å². The molecule has 6 heteroatoms. The minimum absolute atomic E-state index is 0.0625. The molecule has 0 unspecified atom stereocenters. The van der Waals surface area contributed by atoms with Gasteiger partial charge in [-0.05, 0) is 25.2 Å². The molecule has 350 valence electrons. The Morgan fingerprint density at radius 1 is 0.322 bits per heavy atom. The van der Waals surface area contributed by atoms with E-state index >= 15 is 0 Å². The van der Waals surface area contributed by atoms with Crippen LogP contribution in [0.4, 0.5) is 0 Å². The van der Waals surface area contributed by atoms with Crippen LogP contribution in [0.25, 0.3) is 0 Å². The number of carbonyl (C=O) groups excluding carboxylic acids is 3. The van der Waals surface area contributed by atoms with Gasteiger partial charge in [0, 0.05) is 19.3 Å². The Morgan fingerprint density at radius 3 is 0.831 bits per heavy atom. The molecule has 0 amide bonds. The van der Waals surface area contributed by atoms with Gasteiger partial charge in [0.2, 0.25) is 0 Å². The molecule has 0 bridgehead atoms. The van der Waals surface area contributed by atoms with Crippen LogP contribution in [0.5, 0.6) is 0 Å². The summed E-state index contributed by atoms with van der Waals surface area (Å²) in [6, 6.07) is 0. The van der Waals surface area contributed by atoms with Gasteiger partial charge in [0.25, 0.3) is 0 Å². The molecule has 0 aliphatic heterocycles. The summed E-state index contributed by atoms with van der Waals surface area (Å²) >= 11 is 0. The Morgan fingerprint density at radius 2 is 0.559 bits per heavy atom. The Labute approximate surface area is 368 Å². The predicted octanol–water partition coefficient (Wildman–Crippen LogP) is 17.1. The molecule has 0 radical (unpaired) electrons. The molecule has 0 aliphatic rings. The van der Waals surface area contributed by atoms with E-state index in [2.05, 4.69) is 27.7 Å². The van der Waals surface area contributed by atoms with Gasteiger partial charge in [-0.25, -0.2) is 0 Å². The summed E-state index contributed by atoms with van der Waals surface area (Å²) < 4.78 is 16.8. The first-order chi connectivity index (χ1) is 28.9. The fourth-order valence-electron chi connectivity index (χ4n) is 8.04. The zero-order valence-electron chi connectivity index (χ0n) is 40.2. The lowest BCUT2D eigenvalue weighted by Gasteiger charge is -2.18. The summed E-state index contributed by atoms with van der Waals surface area (Å²) in [6.45, 7) is 9.03. The van der Waals surface area contributed by atoms with Gasteiger partial charge in [0.15, 0.2) is 6.10 Å². The van der Waals surface area contributed by atoms with Crippen LogP contribution >= 0.6 is 0 Å². The zero-order chi connectivity index (χ0) is 43.1. The summed E-state index contributed by atoms with van der Waals surface area (Å²) in [4.78, 5) is 37.9. The molecule has 0 fully saturated rings. The van der Waals surface area contributed by atoms with Crippen LogP contribution in [0.15, 0.2) is 0 Å². The van der Waals surface area contributed by atoms with E-state index in [1.165, 1.54) is 193 Å². The minimum Gasteiger partial charge on any atom is -0.462 e. The van der Waals surface area contributed by atoms with Crippen LogP contribution in [-0.4, -0.2) is 37.2 Å². The van der Waals surface area contributed by atoms with Gasteiger partial charge in [-0.2, -0.15) is 0 Å². The molecule has 0 aromatic heterocycles. The van der Waals surface area contributed by atoms with Crippen molar-refractivity contribution < 1.29 is 28.6 Å². The van der Waals surface area contributed by atoms with Crippen molar-refractivity contribution in [2.75, 3.05) is 13.2 Å². The molecule has 1 atom stereocenters. The fourth-order valence-corrected chi connectivity index (χ4v) is 8.04. The largest absolute Gasteiger partial charge is 0.462 e. The maximum atomic E-state index is 12.8. The summed E-state index contributed by atoms with van der Waals surface area (Å²) in [6.07, 6.45) is 49.4. The van der Waals surface area contributed by atoms with Gasteiger partial charge in [-0.3, -0.25) is 14.4 Å².